The number of aryl methyl sites for hydroxylation is 1. The number of hydrogen-bond acceptors (Lipinski definition) is 3. The monoisotopic (exact) mass is 356 g/mol. The fourth-order valence-electron chi connectivity index (χ4n) is 4.26. The van der Waals surface area contributed by atoms with Gasteiger partial charge in [-0.2, -0.15) is 0 Å². The van der Waals surface area contributed by atoms with Crippen LogP contribution in [0.25, 0.3) is 0 Å². The lowest BCUT2D eigenvalue weighted by Crippen LogP contribution is -2.48. The summed E-state index contributed by atoms with van der Waals surface area (Å²) in [4.78, 5) is 29.6. The van der Waals surface area contributed by atoms with Gasteiger partial charge in [0.25, 0.3) is 0 Å². The molecule has 1 aromatic carbocycles. The lowest BCUT2D eigenvalue weighted by Gasteiger charge is -2.36. The molecule has 3 aliphatic heterocycles. The van der Waals surface area contributed by atoms with E-state index in [2.05, 4.69) is 4.90 Å². The predicted octanol–water partition coefficient (Wildman–Crippen LogP) is 2.49. The zero-order chi connectivity index (χ0) is 18.1. The van der Waals surface area contributed by atoms with E-state index in [0.29, 0.717) is 24.8 Å². The van der Waals surface area contributed by atoms with E-state index in [1.54, 1.807) is 7.11 Å². The maximum Gasteiger partial charge on any atom is 0.227 e. The zero-order valence-electron chi connectivity index (χ0n) is 15.5. The number of amides is 2. The third-order valence-corrected chi connectivity index (χ3v) is 6.08. The molecule has 2 bridgehead atoms. The molecule has 0 aromatic heterocycles. The van der Waals surface area contributed by atoms with E-state index in [4.69, 9.17) is 4.74 Å². The number of ether oxygens (including phenoxy) is 1. The Labute approximate surface area is 155 Å². The molecule has 4 fully saturated rings. The quantitative estimate of drug-likeness (QED) is 0.787. The van der Waals surface area contributed by atoms with E-state index in [9.17, 15) is 9.59 Å². The molecule has 0 N–H and O–H groups in total. The topological polar surface area (TPSA) is 49.9 Å². The molecule has 2 amide bonds. The fourth-order valence-corrected chi connectivity index (χ4v) is 4.26. The van der Waals surface area contributed by atoms with Crippen molar-refractivity contribution in [3.05, 3.63) is 29.8 Å². The molecule has 5 rings (SSSR count). The Bertz CT molecular complexity index is 668. The van der Waals surface area contributed by atoms with Crippen LogP contribution in [0.1, 0.15) is 37.7 Å². The average Bonchev–Trinajstić information content (AvgIpc) is 3.50. The molecule has 1 aromatic rings. The molecule has 4 aliphatic rings. The summed E-state index contributed by atoms with van der Waals surface area (Å²) in [5.74, 6) is 2.02. The summed E-state index contributed by atoms with van der Waals surface area (Å²) < 4.78 is 5.17. The Morgan fingerprint density at radius 2 is 1.88 bits per heavy atom. The Kier molecular flexibility index (Phi) is 4.88. The number of methoxy groups -OCH3 is 1. The lowest BCUT2D eigenvalue weighted by atomic mass is 9.94. The van der Waals surface area contributed by atoms with Gasteiger partial charge in [0.2, 0.25) is 11.8 Å². The highest BCUT2D eigenvalue weighted by Crippen LogP contribution is 2.35. The van der Waals surface area contributed by atoms with Gasteiger partial charge in [-0.15, -0.1) is 0 Å². The average molecular weight is 356 g/mol. The van der Waals surface area contributed by atoms with Crippen molar-refractivity contribution in [3.8, 4) is 5.75 Å². The second-order valence-corrected chi connectivity index (χ2v) is 8.01. The SMILES string of the molecule is COc1ccc(CCC(=O)N2C[C@@H]3CC[C@H](C2)N(CC2CC2)C3=O)cc1. The molecule has 140 valence electrons. The minimum absolute atomic E-state index is 0.0115. The summed E-state index contributed by atoms with van der Waals surface area (Å²) in [5.41, 5.74) is 1.14. The van der Waals surface area contributed by atoms with Gasteiger partial charge in [0.1, 0.15) is 5.75 Å². The van der Waals surface area contributed by atoms with Crippen LogP contribution in [0.4, 0.5) is 0 Å². The number of benzene rings is 1. The van der Waals surface area contributed by atoms with Crippen LogP contribution in [0.2, 0.25) is 0 Å². The van der Waals surface area contributed by atoms with Gasteiger partial charge >= 0.3 is 0 Å². The number of carbonyl (C=O) groups is 2. The van der Waals surface area contributed by atoms with Crippen molar-refractivity contribution in [2.24, 2.45) is 11.8 Å². The van der Waals surface area contributed by atoms with Gasteiger partial charge < -0.3 is 14.5 Å². The van der Waals surface area contributed by atoms with Crippen molar-refractivity contribution in [3.63, 3.8) is 0 Å². The van der Waals surface area contributed by atoms with Crippen molar-refractivity contribution < 1.29 is 14.3 Å². The van der Waals surface area contributed by atoms with E-state index >= 15 is 0 Å². The first-order valence-electron chi connectivity index (χ1n) is 9.85. The van der Waals surface area contributed by atoms with Crippen LogP contribution < -0.4 is 4.74 Å². The van der Waals surface area contributed by atoms with E-state index in [1.807, 2.05) is 29.2 Å². The smallest absolute Gasteiger partial charge is 0.227 e. The maximum atomic E-state index is 12.8. The third-order valence-electron chi connectivity index (χ3n) is 6.08. The van der Waals surface area contributed by atoms with Crippen LogP contribution in [0, 0.1) is 11.8 Å². The summed E-state index contributed by atoms with van der Waals surface area (Å²) in [5, 5.41) is 0. The third kappa shape index (κ3) is 3.71. The molecule has 2 atom stereocenters. The zero-order valence-corrected chi connectivity index (χ0v) is 15.5. The summed E-state index contributed by atoms with van der Waals surface area (Å²) in [6, 6.07) is 8.12. The van der Waals surface area contributed by atoms with Crippen molar-refractivity contribution >= 4 is 11.8 Å². The maximum absolute atomic E-state index is 12.8. The minimum Gasteiger partial charge on any atom is -0.497 e. The first-order valence-corrected chi connectivity index (χ1v) is 9.85. The normalized spacial score (nSPS) is 25.3. The molecular formula is C21H28N2O3. The molecule has 1 saturated carbocycles. The molecule has 1 aliphatic carbocycles. The van der Waals surface area contributed by atoms with Gasteiger partial charge in [-0.25, -0.2) is 0 Å². The van der Waals surface area contributed by atoms with Crippen LogP contribution in [0.15, 0.2) is 24.3 Å². The lowest BCUT2D eigenvalue weighted by molar-refractivity contribution is -0.140. The van der Waals surface area contributed by atoms with Crippen LogP contribution in [-0.2, 0) is 16.0 Å². The molecular weight excluding hydrogens is 328 g/mol. The standard InChI is InChI=1S/C21H28N2O3/c1-26-19-9-4-15(5-10-19)6-11-20(24)22-13-17-7-8-18(14-22)23(21(17)25)12-16-2-3-16/h4-5,9-10,16-18H,2-3,6-8,11-14H2,1H3/t17-,18+/m0/s1. The summed E-state index contributed by atoms with van der Waals surface area (Å²) in [7, 11) is 1.65. The van der Waals surface area contributed by atoms with Crippen molar-refractivity contribution in [1.82, 2.24) is 9.80 Å². The van der Waals surface area contributed by atoms with Crippen LogP contribution >= 0.6 is 0 Å². The molecule has 5 heteroatoms. The molecule has 3 saturated heterocycles. The summed E-state index contributed by atoms with van der Waals surface area (Å²) in [6.07, 6.45) is 5.73. The van der Waals surface area contributed by atoms with Gasteiger partial charge in [-0.1, -0.05) is 12.1 Å². The highest BCUT2D eigenvalue weighted by Gasteiger charge is 2.43. The first-order chi connectivity index (χ1) is 12.6. The number of fused-ring (bicyclic) bond motifs is 4. The Morgan fingerprint density at radius 3 is 2.58 bits per heavy atom. The van der Waals surface area contributed by atoms with E-state index in [-0.39, 0.29) is 17.9 Å². The molecule has 3 heterocycles. The van der Waals surface area contributed by atoms with Crippen LogP contribution in [0.5, 0.6) is 5.75 Å². The van der Waals surface area contributed by atoms with Crippen molar-refractivity contribution in [2.45, 2.75) is 44.6 Å². The van der Waals surface area contributed by atoms with Crippen molar-refractivity contribution in [2.75, 3.05) is 26.7 Å². The van der Waals surface area contributed by atoms with Crippen molar-refractivity contribution in [1.29, 1.82) is 0 Å². The largest absolute Gasteiger partial charge is 0.497 e. The van der Waals surface area contributed by atoms with Gasteiger partial charge in [0.15, 0.2) is 0 Å². The van der Waals surface area contributed by atoms with Gasteiger partial charge in [-0.05, 0) is 55.7 Å². The molecule has 0 radical (unpaired) electrons. The van der Waals surface area contributed by atoms with Gasteiger partial charge in [-0.3, -0.25) is 9.59 Å². The summed E-state index contributed by atoms with van der Waals surface area (Å²) >= 11 is 0. The number of carbonyl (C=O) groups excluding carboxylic acids is 2. The molecule has 0 spiro atoms. The second-order valence-electron chi connectivity index (χ2n) is 8.01. The molecule has 26 heavy (non-hydrogen) atoms. The highest BCUT2D eigenvalue weighted by molar-refractivity contribution is 5.83. The Balaban J connectivity index is 1.36. The van der Waals surface area contributed by atoms with E-state index < -0.39 is 0 Å². The second kappa shape index (κ2) is 7.29. The van der Waals surface area contributed by atoms with Crippen LogP contribution in [-0.4, -0.2) is 54.4 Å². The number of rotatable bonds is 6. The minimum atomic E-state index is 0.0115. The first kappa shape index (κ1) is 17.4. The number of nitrogens with zero attached hydrogens (tertiary/aromatic N) is 2. The fraction of sp³-hybridized carbons (Fsp3) is 0.619. The number of hydrogen-bond donors (Lipinski definition) is 0. The molecule has 0 unspecified atom stereocenters. The van der Waals surface area contributed by atoms with E-state index in [1.165, 1.54) is 12.8 Å². The Hall–Kier alpha value is -2.04. The number of piperidine rings is 1. The summed E-state index contributed by atoms with van der Waals surface area (Å²) in [6.45, 7) is 2.24. The van der Waals surface area contributed by atoms with Crippen LogP contribution in [0.3, 0.4) is 0 Å². The Morgan fingerprint density at radius 1 is 1.12 bits per heavy atom. The highest BCUT2D eigenvalue weighted by atomic mass is 16.5. The van der Waals surface area contributed by atoms with Gasteiger partial charge in [0, 0.05) is 32.1 Å². The van der Waals surface area contributed by atoms with E-state index in [0.717, 1.165) is 43.7 Å². The predicted molar refractivity (Wildman–Crippen MR) is 98.8 cm³/mol. The molecule has 5 nitrogen and oxygen atoms in total. The van der Waals surface area contributed by atoms with Gasteiger partial charge in [0.05, 0.1) is 13.0 Å².